The fourth-order valence-corrected chi connectivity index (χ4v) is 11.6. The van der Waals surface area contributed by atoms with Crippen LogP contribution in [0.5, 0.6) is 0 Å². The van der Waals surface area contributed by atoms with Crippen molar-refractivity contribution in [1.82, 2.24) is 4.90 Å². The standard InChI is InChI=1S/C36H64N2O2/c1-12-21-36(37(7)8)24-35(32(39)40,38(9,10)11)23-27-16-17-28-30-19-18-29(26(4)15-13-14-25(2)3)33(30,5)22-20-31(28)34(27,36)6/h16,25-26,28-31H,12-15,17-24H2,1-11H3/p+1/t26-,28+,29-,30+,31+,33-,34+,35?,36?/m1/s1. The smallest absolute Gasteiger partial charge is 0.366 e. The van der Waals surface area contributed by atoms with E-state index in [9.17, 15) is 9.90 Å². The van der Waals surface area contributed by atoms with Crippen molar-refractivity contribution in [1.29, 1.82) is 0 Å². The molecule has 4 aliphatic rings. The van der Waals surface area contributed by atoms with Gasteiger partial charge in [-0.05, 0) is 93.5 Å². The maximum absolute atomic E-state index is 13.2. The van der Waals surface area contributed by atoms with Gasteiger partial charge in [0.2, 0.25) is 5.54 Å². The average molecular weight is 558 g/mol. The number of quaternary nitrogens is 1. The number of hydrogen-bond acceptors (Lipinski definition) is 2. The highest BCUT2D eigenvalue weighted by Crippen LogP contribution is 2.71. The maximum Gasteiger partial charge on any atom is 0.366 e. The van der Waals surface area contributed by atoms with Crippen molar-refractivity contribution < 1.29 is 14.4 Å². The predicted octanol–water partition coefficient (Wildman–Crippen LogP) is 8.27. The highest BCUT2D eigenvalue weighted by Gasteiger charge is 2.71. The van der Waals surface area contributed by atoms with E-state index < -0.39 is 11.5 Å². The molecule has 0 aromatic rings. The second-order valence-electron chi connectivity index (χ2n) is 17.0. The molecule has 0 aliphatic heterocycles. The molecular formula is C36H65N2O2+. The molecule has 230 valence electrons. The Hall–Kier alpha value is -0.870. The Morgan fingerprint density at radius 1 is 1.07 bits per heavy atom. The summed E-state index contributed by atoms with van der Waals surface area (Å²) < 4.78 is 0.472. The van der Waals surface area contributed by atoms with Crippen molar-refractivity contribution in [2.24, 2.45) is 46.3 Å². The van der Waals surface area contributed by atoms with Gasteiger partial charge in [0.25, 0.3) is 0 Å². The Morgan fingerprint density at radius 2 is 1.75 bits per heavy atom. The van der Waals surface area contributed by atoms with E-state index >= 15 is 0 Å². The number of aliphatic carboxylic acids is 1. The molecule has 0 spiro atoms. The van der Waals surface area contributed by atoms with Gasteiger partial charge in [0, 0.05) is 23.8 Å². The van der Waals surface area contributed by atoms with Crippen molar-refractivity contribution >= 4 is 5.97 Å². The lowest BCUT2D eigenvalue weighted by molar-refractivity contribution is -0.916. The zero-order valence-corrected chi connectivity index (χ0v) is 28.3. The van der Waals surface area contributed by atoms with Crippen molar-refractivity contribution in [3.05, 3.63) is 11.6 Å². The minimum atomic E-state index is -0.801. The third-order valence-corrected chi connectivity index (χ3v) is 13.9. The van der Waals surface area contributed by atoms with Gasteiger partial charge in [-0.25, -0.2) is 4.79 Å². The fraction of sp³-hybridized carbons (Fsp3) is 0.917. The Bertz CT molecular complexity index is 964. The summed E-state index contributed by atoms with van der Waals surface area (Å²) in [4.78, 5) is 15.7. The van der Waals surface area contributed by atoms with Crippen LogP contribution < -0.4 is 0 Å². The number of rotatable bonds is 10. The Morgan fingerprint density at radius 3 is 2.30 bits per heavy atom. The summed E-state index contributed by atoms with van der Waals surface area (Å²) in [6.45, 7) is 14.9. The van der Waals surface area contributed by atoms with Gasteiger partial charge in [0.15, 0.2) is 0 Å². The number of carboxylic acids is 1. The molecule has 4 rings (SSSR count). The molecule has 0 radical (unpaired) electrons. The van der Waals surface area contributed by atoms with E-state index in [4.69, 9.17) is 0 Å². The van der Waals surface area contributed by atoms with Crippen molar-refractivity contribution in [2.75, 3.05) is 35.2 Å². The molecule has 9 atom stereocenters. The first kappa shape index (κ1) is 32.1. The highest BCUT2D eigenvalue weighted by atomic mass is 16.4. The third-order valence-electron chi connectivity index (χ3n) is 13.9. The molecular weight excluding hydrogens is 492 g/mol. The zero-order valence-electron chi connectivity index (χ0n) is 28.3. The predicted molar refractivity (Wildman–Crippen MR) is 168 cm³/mol. The van der Waals surface area contributed by atoms with Crippen LogP contribution in [0.3, 0.4) is 0 Å². The second-order valence-corrected chi connectivity index (χ2v) is 17.0. The molecule has 3 fully saturated rings. The summed E-state index contributed by atoms with van der Waals surface area (Å²) in [5, 5.41) is 10.9. The van der Waals surface area contributed by atoms with Crippen LogP contribution in [0.2, 0.25) is 0 Å². The van der Waals surface area contributed by atoms with E-state index in [0.717, 1.165) is 55.3 Å². The van der Waals surface area contributed by atoms with Gasteiger partial charge >= 0.3 is 5.97 Å². The van der Waals surface area contributed by atoms with Crippen LogP contribution >= 0.6 is 0 Å². The lowest BCUT2D eigenvalue weighted by atomic mass is 9.40. The molecule has 0 aromatic heterocycles. The molecule has 0 saturated heterocycles. The fourth-order valence-electron chi connectivity index (χ4n) is 11.6. The van der Waals surface area contributed by atoms with Gasteiger partial charge in [-0.3, -0.25) is 0 Å². The number of likely N-dealkylation sites (N-methyl/N-ethyl adjacent to an activating group) is 1. The first-order valence-corrected chi connectivity index (χ1v) is 16.9. The molecule has 2 unspecified atom stereocenters. The summed E-state index contributed by atoms with van der Waals surface area (Å²) in [6.07, 6.45) is 16.9. The van der Waals surface area contributed by atoms with Crippen LogP contribution in [-0.2, 0) is 4.79 Å². The number of carbonyl (C=O) groups is 1. The van der Waals surface area contributed by atoms with Gasteiger partial charge in [-0.2, -0.15) is 0 Å². The molecule has 0 amide bonds. The topological polar surface area (TPSA) is 40.5 Å². The lowest BCUT2D eigenvalue weighted by Gasteiger charge is -2.68. The van der Waals surface area contributed by atoms with Crippen LogP contribution in [0, 0.1) is 46.3 Å². The molecule has 0 aromatic carbocycles. The van der Waals surface area contributed by atoms with Gasteiger partial charge in [0.05, 0.1) is 21.1 Å². The number of allylic oxidation sites excluding steroid dienone is 1. The van der Waals surface area contributed by atoms with E-state index in [0.29, 0.717) is 22.2 Å². The molecule has 4 aliphatic carbocycles. The SMILES string of the molecule is CCCC1(N(C)C)CC(C(=O)O)([N+](C)(C)C)CC2=CC[C@H]3[C@@H]4CC[C@H]([C@H](C)CCCC(C)C)[C@@]4(C)CC[C@@H]3[C@]21C. The van der Waals surface area contributed by atoms with Crippen molar-refractivity contribution in [3.63, 3.8) is 0 Å². The first-order chi connectivity index (χ1) is 18.5. The minimum Gasteiger partial charge on any atom is -0.477 e. The van der Waals surface area contributed by atoms with Gasteiger partial charge in [-0.1, -0.05) is 78.9 Å². The summed E-state index contributed by atoms with van der Waals surface area (Å²) in [7, 11) is 10.9. The first-order valence-electron chi connectivity index (χ1n) is 16.9. The van der Waals surface area contributed by atoms with E-state index in [1.165, 1.54) is 50.5 Å². The van der Waals surface area contributed by atoms with E-state index in [2.05, 4.69) is 87.8 Å². The van der Waals surface area contributed by atoms with Crippen molar-refractivity contribution in [3.8, 4) is 0 Å². The molecule has 0 heterocycles. The third kappa shape index (κ3) is 4.65. The van der Waals surface area contributed by atoms with E-state index in [-0.39, 0.29) is 11.0 Å². The number of nitrogens with zero attached hydrogens (tertiary/aromatic N) is 2. The summed E-state index contributed by atoms with van der Waals surface area (Å²) in [5.74, 6) is 4.07. The van der Waals surface area contributed by atoms with Gasteiger partial charge in [-0.15, -0.1) is 0 Å². The quantitative estimate of drug-likeness (QED) is 0.217. The molecule has 3 saturated carbocycles. The van der Waals surface area contributed by atoms with Crippen LogP contribution in [0.1, 0.15) is 119 Å². The zero-order chi connectivity index (χ0) is 29.9. The van der Waals surface area contributed by atoms with Gasteiger partial charge < -0.3 is 14.5 Å². The Kier molecular flexibility index (Phi) is 8.81. The summed E-state index contributed by atoms with van der Waals surface area (Å²) >= 11 is 0. The number of fused-ring (bicyclic) bond motifs is 5. The normalized spacial score (nSPS) is 42.3. The van der Waals surface area contributed by atoms with Crippen LogP contribution in [0.15, 0.2) is 11.6 Å². The van der Waals surface area contributed by atoms with Crippen molar-refractivity contribution in [2.45, 2.75) is 130 Å². The summed E-state index contributed by atoms with van der Waals surface area (Å²) in [5.41, 5.74) is 0.997. The lowest BCUT2D eigenvalue weighted by Crippen LogP contribution is -2.75. The van der Waals surface area contributed by atoms with Crippen LogP contribution in [0.25, 0.3) is 0 Å². The van der Waals surface area contributed by atoms with E-state index in [1.54, 1.807) is 0 Å². The molecule has 1 N–H and O–H groups in total. The van der Waals surface area contributed by atoms with Gasteiger partial charge in [0.1, 0.15) is 0 Å². The maximum atomic E-state index is 13.2. The van der Waals surface area contributed by atoms with E-state index in [1.807, 2.05) is 0 Å². The Balaban J connectivity index is 1.74. The molecule has 4 nitrogen and oxygen atoms in total. The number of carboxylic acid groups (broad SMARTS) is 1. The monoisotopic (exact) mass is 558 g/mol. The molecule has 4 heteroatoms. The van der Waals surface area contributed by atoms with Crippen LogP contribution in [-0.4, -0.2) is 66.8 Å². The van der Waals surface area contributed by atoms with Crippen LogP contribution in [0.4, 0.5) is 0 Å². The number of hydrogen-bond donors (Lipinski definition) is 1. The largest absolute Gasteiger partial charge is 0.477 e. The average Bonchev–Trinajstić information content (AvgIpc) is 3.20. The second kappa shape index (κ2) is 11.0. The highest BCUT2D eigenvalue weighted by molar-refractivity contribution is 5.79. The summed E-state index contributed by atoms with van der Waals surface area (Å²) in [6, 6.07) is 0. The molecule has 0 bridgehead atoms. The molecule has 40 heavy (non-hydrogen) atoms. The minimum absolute atomic E-state index is 0.0197. The Labute approximate surface area is 247 Å².